The summed E-state index contributed by atoms with van der Waals surface area (Å²) in [6.45, 7) is 67.9. The van der Waals surface area contributed by atoms with E-state index in [1.807, 2.05) is 24.3 Å². The molecule has 0 bridgehead atoms. The maximum Gasteiger partial charge on any atom is -0.00135 e. The molecule has 0 heteroatoms. The Bertz CT molecular complexity index is 6270. The Labute approximate surface area is 860 Å². The van der Waals surface area contributed by atoms with E-state index in [0.717, 1.165) is 6.42 Å². The number of fused-ring (bicyclic) bond motifs is 9. The van der Waals surface area contributed by atoms with Gasteiger partial charge in [0.05, 0.1) is 0 Å². The summed E-state index contributed by atoms with van der Waals surface area (Å²) in [5, 5.41) is 21.3. The van der Waals surface area contributed by atoms with Crippen LogP contribution in [0.5, 0.6) is 0 Å². The van der Waals surface area contributed by atoms with Gasteiger partial charge < -0.3 is 0 Å². The smallest absolute Gasteiger partial charge is 0.00135 e. The molecule has 0 heterocycles. The molecular weight excluding hydrogens is 1710 g/mol. The van der Waals surface area contributed by atoms with Crippen LogP contribution < -0.4 is 0 Å². The second kappa shape index (κ2) is 55.8. The zero-order chi connectivity index (χ0) is 104. The Morgan fingerprint density at radius 3 is 0.528 bits per heavy atom. The minimum Gasteiger partial charge on any atom is -0.0622 e. The average Bonchev–Trinajstić information content (AvgIpc) is 0.986. The Hall–Kier alpha value is -13.3. The van der Waals surface area contributed by atoms with Gasteiger partial charge in [0.15, 0.2) is 0 Å². The van der Waals surface area contributed by atoms with Crippen LogP contribution in [0.25, 0.3) is 131 Å². The molecular formula is C142H170. The quantitative estimate of drug-likeness (QED) is 0.122. The molecule has 0 nitrogen and oxygen atoms in total. The molecule has 21 rings (SSSR count). The lowest BCUT2D eigenvalue weighted by Gasteiger charge is -2.18. The zero-order valence-corrected chi connectivity index (χ0v) is 92.5. The van der Waals surface area contributed by atoms with Gasteiger partial charge in [0.25, 0.3) is 0 Å². The van der Waals surface area contributed by atoms with Crippen molar-refractivity contribution in [3.63, 3.8) is 0 Å². The molecule has 0 aromatic heterocycles. The van der Waals surface area contributed by atoms with Crippen LogP contribution in [0.15, 0.2) is 455 Å². The standard InChI is InChI=1S/C18H14.C16H10.2C14H10.C13H10.C12H10.C10H8.C10H14.7C5H12/c1-3-7-15(8-4-1)17-11-13-18(14-12-17)16-9-5-2-6-10-16;1-3-11-7-9-13-5-2-6-14-10-8-12(4-1)15(11)16(13)14;1-3-7-13-11(5-1)9-10-12-6-2-4-8-14(12)13;1-2-6-12-10-14-8-4-3-7-13(14)9-11(12)5-1;1-3-7-12-10(5-1)9-11-6-2-4-8-13(11)12;1-3-7-11(8-4-1)12-9-5-2-6-10-12;1-2-6-10-8-4-3-7-9(10)5-1;1-10(2,3)9-7-5-4-6-8-9;7*1-5(2,3)4/h1-14H;1-10H;2*1-10H;1-8H,9H2;1-10H;1-8H;4-8H,1-3H3;7*1-4H3. The lowest BCUT2D eigenvalue weighted by Crippen LogP contribution is -2.10. The van der Waals surface area contributed by atoms with Crippen LogP contribution in [0, 0.1) is 37.9 Å². The molecule has 0 saturated carbocycles. The average molecular weight is 1880 g/mol. The van der Waals surface area contributed by atoms with E-state index in [1.165, 1.54) is 147 Å². The van der Waals surface area contributed by atoms with Crippen molar-refractivity contribution < 1.29 is 0 Å². The number of rotatable bonds is 3. The van der Waals surface area contributed by atoms with Crippen LogP contribution in [-0.2, 0) is 11.8 Å². The van der Waals surface area contributed by atoms with Gasteiger partial charge >= 0.3 is 0 Å². The summed E-state index contributed by atoms with van der Waals surface area (Å²) in [6.07, 6.45) is 1.10. The molecule has 1 aliphatic rings. The van der Waals surface area contributed by atoms with Gasteiger partial charge in [-0.25, -0.2) is 0 Å². The highest BCUT2D eigenvalue weighted by molar-refractivity contribution is 6.23. The summed E-state index contributed by atoms with van der Waals surface area (Å²) in [6, 6.07) is 160. The van der Waals surface area contributed by atoms with E-state index in [-0.39, 0.29) is 0 Å². The highest BCUT2D eigenvalue weighted by atomic mass is 14.2. The predicted octanol–water partition coefficient (Wildman–Crippen LogP) is 44.4. The van der Waals surface area contributed by atoms with E-state index in [2.05, 4.69) is 645 Å². The van der Waals surface area contributed by atoms with Crippen LogP contribution in [0.1, 0.15) is 231 Å². The first-order valence-electron chi connectivity index (χ1n) is 51.1. The normalized spacial score (nSPS) is 11.2. The van der Waals surface area contributed by atoms with Gasteiger partial charge in [0, 0.05) is 0 Å². The van der Waals surface area contributed by atoms with E-state index in [4.69, 9.17) is 0 Å². The van der Waals surface area contributed by atoms with E-state index in [9.17, 15) is 0 Å². The molecule has 0 N–H and O–H groups in total. The van der Waals surface area contributed by atoms with Gasteiger partial charge in [-0.2, -0.15) is 0 Å². The largest absolute Gasteiger partial charge is 0.0622 e. The second-order valence-corrected chi connectivity index (χ2v) is 48.8. The highest BCUT2D eigenvalue weighted by Gasteiger charge is 2.17. The van der Waals surface area contributed by atoms with Gasteiger partial charge in [0.1, 0.15) is 0 Å². The molecule has 0 unspecified atom stereocenters. The fourth-order valence-corrected chi connectivity index (χ4v) is 14.0. The van der Waals surface area contributed by atoms with Crippen LogP contribution >= 0.6 is 0 Å². The van der Waals surface area contributed by atoms with Crippen molar-refractivity contribution in [2.24, 2.45) is 37.9 Å². The fraction of sp³-hybridized carbons (Fsp3) is 0.282. The van der Waals surface area contributed by atoms with E-state index in [0.29, 0.717) is 43.3 Å². The summed E-state index contributed by atoms with van der Waals surface area (Å²) >= 11 is 0. The topological polar surface area (TPSA) is 0 Å². The van der Waals surface area contributed by atoms with E-state index < -0.39 is 0 Å². The Morgan fingerprint density at radius 1 is 0.134 bits per heavy atom. The molecule has 142 heavy (non-hydrogen) atoms. The predicted molar refractivity (Wildman–Crippen MR) is 642 cm³/mol. The highest BCUT2D eigenvalue weighted by Crippen LogP contribution is 2.38. The summed E-state index contributed by atoms with van der Waals surface area (Å²) in [7, 11) is 0. The first kappa shape index (κ1) is 116. The van der Waals surface area contributed by atoms with Gasteiger partial charge in [-0.05, 0) is 209 Å². The van der Waals surface area contributed by atoms with Crippen LogP contribution in [-0.4, -0.2) is 0 Å². The molecule has 0 atom stereocenters. The van der Waals surface area contributed by atoms with Crippen LogP contribution in [0.2, 0.25) is 0 Å². The maximum atomic E-state index is 2.24. The van der Waals surface area contributed by atoms with Crippen molar-refractivity contribution in [1.29, 1.82) is 0 Å². The summed E-state index contributed by atoms with van der Waals surface area (Å²) in [5.74, 6) is 0. The Balaban J connectivity index is 0.000000211. The molecule has 20 aromatic carbocycles. The number of benzene rings is 20. The minimum atomic E-state index is 0.293. The monoisotopic (exact) mass is 1880 g/mol. The minimum absolute atomic E-state index is 0.293. The lowest BCUT2D eigenvalue weighted by atomic mass is 9.87. The maximum absolute atomic E-state index is 2.24. The lowest BCUT2D eigenvalue weighted by molar-refractivity contribution is 0.469. The second-order valence-electron chi connectivity index (χ2n) is 48.8. The molecule has 0 aliphatic heterocycles. The van der Waals surface area contributed by atoms with Crippen LogP contribution in [0.4, 0.5) is 0 Å². The van der Waals surface area contributed by atoms with Gasteiger partial charge in [-0.1, -0.05) is 657 Å². The molecule has 20 aromatic rings. The Morgan fingerprint density at radius 2 is 0.303 bits per heavy atom. The SMILES string of the molecule is CC(C)(C)C.CC(C)(C)C.CC(C)(C)C.CC(C)(C)C.CC(C)(C)C.CC(C)(C)C.CC(C)(C)C.CC(C)(C)c1ccccc1.c1cc2ccc3cccc4ccc(c1)c2c34.c1ccc(-c2ccc(-c3ccccc3)cc2)cc1.c1ccc(-c2ccccc2)cc1.c1ccc2c(c1)Cc1ccccc1-2.c1ccc2c(c1)ccc1ccccc12.c1ccc2cc3ccccc3cc2c1.c1ccc2ccccc2c1. The van der Waals surface area contributed by atoms with Crippen molar-refractivity contribution in [3.05, 3.63) is 472 Å². The number of hydrogen-bond donors (Lipinski definition) is 0. The summed E-state index contributed by atoms with van der Waals surface area (Å²) in [5.41, 5.74) is 18.5. The molecule has 738 valence electrons. The molecule has 0 spiro atoms. The van der Waals surface area contributed by atoms with Gasteiger partial charge in [-0.3, -0.25) is 0 Å². The van der Waals surface area contributed by atoms with Crippen molar-refractivity contribution in [1.82, 2.24) is 0 Å². The van der Waals surface area contributed by atoms with Crippen molar-refractivity contribution >= 4 is 86.2 Å². The molecule has 0 amide bonds. The number of hydrogen-bond acceptors (Lipinski definition) is 0. The zero-order valence-electron chi connectivity index (χ0n) is 92.5. The molecule has 0 fully saturated rings. The third-order valence-corrected chi connectivity index (χ3v) is 19.6. The van der Waals surface area contributed by atoms with Gasteiger partial charge in [-0.15, -0.1) is 0 Å². The van der Waals surface area contributed by atoms with E-state index >= 15 is 0 Å². The fourth-order valence-electron chi connectivity index (χ4n) is 14.0. The first-order chi connectivity index (χ1) is 66.7. The van der Waals surface area contributed by atoms with Crippen molar-refractivity contribution in [2.45, 2.75) is 226 Å². The molecule has 0 radical (unpaired) electrons. The van der Waals surface area contributed by atoms with Crippen LogP contribution in [0.3, 0.4) is 0 Å². The third-order valence-electron chi connectivity index (χ3n) is 19.6. The third kappa shape index (κ3) is 47.3. The summed E-state index contributed by atoms with van der Waals surface area (Å²) in [4.78, 5) is 0. The van der Waals surface area contributed by atoms with E-state index in [1.54, 1.807) is 0 Å². The van der Waals surface area contributed by atoms with Crippen molar-refractivity contribution in [3.8, 4) is 44.5 Å². The van der Waals surface area contributed by atoms with Gasteiger partial charge in [0.2, 0.25) is 0 Å². The molecule has 0 saturated heterocycles. The first-order valence-corrected chi connectivity index (χ1v) is 51.1. The Kier molecular flexibility index (Phi) is 45.5. The van der Waals surface area contributed by atoms with Crippen molar-refractivity contribution in [2.75, 3.05) is 0 Å². The summed E-state index contributed by atoms with van der Waals surface area (Å²) < 4.78 is 0. The molecule has 1 aliphatic carbocycles.